The average Bonchev–Trinajstić information content (AvgIpc) is 2.34. The van der Waals surface area contributed by atoms with E-state index in [0.29, 0.717) is 15.7 Å². The van der Waals surface area contributed by atoms with Crippen molar-refractivity contribution in [3.8, 4) is 0 Å². The maximum Gasteiger partial charge on any atom is 0.422 e. The Hall–Kier alpha value is -0.741. The SMILES string of the molecule is CC1(C)OC(=O)N(c2cc(Cl)cc(Cl)c2)C1=O.[Cu]. The fraction of sp³-hybridized carbons (Fsp3) is 0.273. The van der Waals surface area contributed by atoms with Crippen molar-refractivity contribution in [1.82, 2.24) is 0 Å². The van der Waals surface area contributed by atoms with Crippen LogP contribution in [0.25, 0.3) is 0 Å². The van der Waals surface area contributed by atoms with Crippen LogP contribution in [0.5, 0.6) is 0 Å². The molecule has 2 rings (SSSR count). The largest absolute Gasteiger partial charge is 0.433 e. The van der Waals surface area contributed by atoms with E-state index in [0.717, 1.165) is 4.90 Å². The van der Waals surface area contributed by atoms with Crippen molar-refractivity contribution in [3.63, 3.8) is 0 Å². The van der Waals surface area contributed by atoms with Crippen LogP contribution in [-0.2, 0) is 26.6 Å². The Kier molecular flexibility index (Phi) is 4.34. The number of imide groups is 1. The Balaban J connectivity index is 0.00000162. The summed E-state index contributed by atoms with van der Waals surface area (Å²) in [7, 11) is 0. The first-order chi connectivity index (χ1) is 7.81. The Morgan fingerprint density at radius 2 is 1.61 bits per heavy atom. The summed E-state index contributed by atoms with van der Waals surface area (Å²) < 4.78 is 4.96. The van der Waals surface area contributed by atoms with E-state index in [9.17, 15) is 9.59 Å². The van der Waals surface area contributed by atoms with Crippen molar-refractivity contribution in [1.29, 1.82) is 0 Å². The Morgan fingerprint density at radius 3 is 2.00 bits per heavy atom. The van der Waals surface area contributed by atoms with Crippen LogP contribution in [-0.4, -0.2) is 17.6 Å². The summed E-state index contributed by atoms with van der Waals surface area (Å²) in [6, 6.07) is 4.48. The van der Waals surface area contributed by atoms with Crippen molar-refractivity contribution in [2.24, 2.45) is 0 Å². The Morgan fingerprint density at radius 1 is 1.11 bits per heavy atom. The molecule has 1 aromatic carbocycles. The second-order valence-corrected chi connectivity index (χ2v) is 5.02. The van der Waals surface area contributed by atoms with E-state index in [-0.39, 0.29) is 17.1 Å². The molecule has 1 radical (unpaired) electrons. The zero-order valence-corrected chi connectivity index (χ0v) is 11.9. The smallest absolute Gasteiger partial charge is 0.422 e. The van der Waals surface area contributed by atoms with E-state index in [4.69, 9.17) is 27.9 Å². The maximum atomic E-state index is 12.0. The summed E-state index contributed by atoms with van der Waals surface area (Å²) >= 11 is 11.6. The van der Waals surface area contributed by atoms with Gasteiger partial charge in [0, 0.05) is 27.1 Å². The van der Waals surface area contributed by atoms with Crippen molar-refractivity contribution >= 4 is 40.9 Å². The monoisotopic (exact) mass is 336 g/mol. The van der Waals surface area contributed by atoms with Crippen LogP contribution in [0.4, 0.5) is 10.5 Å². The van der Waals surface area contributed by atoms with Crippen molar-refractivity contribution < 1.29 is 31.4 Å². The van der Waals surface area contributed by atoms with E-state index >= 15 is 0 Å². The summed E-state index contributed by atoms with van der Waals surface area (Å²) in [4.78, 5) is 24.5. The quantitative estimate of drug-likeness (QED) is 0.739. The molecule has 0 N–H and O–H groups in total. The molecule has 18 heavy (non-hydrogen) atoms. The molecule has 0 bridgehead atoms. The van der Waals surface area contributed by atoms with Crippen LogP contribution in [0.15, 0.2) is 18.2 Å². The van der Waals surface area contributed by atoms with Crippen molar-refractivity contribution in [2.75, 3.05) is 4.90 Å². The predicted octanol–water partition coefficient (Wildman–Crippen LogP) is 3.25. The Bertz CT molecular complexity index is 499. The van der Waals surface area contributed by atoms with Gasteiger partial charge in [-0.05, 0) is 32.0 Å². The third kappa shape index (κ3) is 2.64. The molecule has 0 spiro atoms. The van der Waals surface area contributed by atoms with E-state index in [1.165, 1.54) is 32.0 Å². The number of rotatable bonds is 1. The first kappa shape index (κ1) is 15.3. The van der Waals surface area contributed by atoms with E-state index in [2.05, 4.69) is 0 Å². The van der Waals surface area contributed by atoms with Gasteiger partial charge >= 0.3 is 6.09 Å². The Labute approximate surface area is 125 Å². The molecule has 7 heteroatoms. The minimum atomic E-state index is -1.16. The molecule has 1 saturated heterocycles. The summed E-state index contributed by atoms with van der Waals surface area (Å²) in [5.41, 5.74) is -0.852. The molecule has 1 aliphatic heterocycles. The van der Waals surface area contributed by atoms with Crippen LogP contribution in [0.2, 0.25) is 10.0 Å². The van der Waals surface area contributed by atoms with Gasteiger partial charge in [-0.25, -0.2) is 9.69 Å². The standard InChI is InChI=1S/C11H9Cl2NO3.Cu/c1-11(2)9(15)14(10(16)17-11)8-4-6(12)3-7(13)5-8;/h3-5H,1-2H3;. The number of cyclic esters (lactones) is 1. The second-order valence-electron chi connectivity index (χ2n) is 4.15. The third-order valence-electron chi connectivity index (χ3n) is 2.35. The molecule has 0 saturated carbocycles. The van der Waals surface area contributed by atoms with Crippen molar-refractivity contribution in [3.05, 3.63) is 28.2 Å². The number of halogens is 2. The number of amides is 2. The van der Waals surface area contributed by atoms with Gasteiger partial charge in [-0.2, -0.15) is 0 Å². The molecule has 0 aliphatic carbocycles. The fourth-order valence-electron chi connectivity index (χ4n) is 1.55. The number of hydrogen-bond donors (Lipinski definition) is 0. The summed E-state index contributed by atoms with van der Waals surface area (Å²) in [6.45, 7) is 3.05. The minimum Gasteiger partial charge on any atom is -0.433 e. The molecule has 2 amide bonds. The first-order valence-electron chi connectivity index (χ1n) is 4.85. The molecule has 0 atom stereocenters. The number of anilines is 1. The van der Waals surface area contributed by atoms with Crippen LogP contribution >= 0.6 is 23.2 Å². The zero-order chi connectivity index (χ0) is 12.8. The number of carbonyl (C=O) groups is 2. The van der Waals surface area contributed by atoms with Crippen LogP contribution in [0.1, 0.15) is 13.8 Å². The number of nitrogens with zero attached hydrogens (tertiary/aromatic N) is 1. The van der Waals surface area contributed by atoms with Gasteiger partial charge in [-0.1, -0.05) is 23.2 Å². The molecular weight excluding hydrogens is 329 g/mol. The van der Waals surface area contributed by atoms with Gasteiger partial charge < -0.3 is 4.74 Å². The number of hydrogen-bond acceptors (Lipinski definition) is 3. The van der Waals surface area contributed by atoms with Crippen LogP contribution < -0.4 is 4.90 Å². The van der Waals surface area contributed by atoms with Gasteiger partial charge in [0.15, 0.2) is 5.60 Å². The number of benzene rings is 1. The molecule has 101 valence electrons. The van der Waals surface area contributed by atoms with Gasteiger partial charge in [-0.3, -0.25) is 4.79 Å². The predicted molar refractivity (Wildman–Crippen MR) is 64.5 cm³/mol. The first-order valence-corrected chi connectivity index (χ1v) is 5.60. The molecule has 1 aliphatic rings. The minimum absolute atomic E-state index is 0. The molecule has 0 aromatic heterocycles. The number of ether oxygens (including phenoxy) is 1. The summed E-state index contributed by atoms with van der Waals surface area (Å²) in [5.74, 6) is -0.444. The molecule has 1 aromatic rings. The molecule has 0 unspecified atom stereocenters. The summed E-state index contributed by atoms with van der Waals surface area (Å²) in [6.07, 6.45) is -0.724. The normalized spacial score (nSPS) is 17.4. The molecule has 4 nitrogen and oxygen atoms in total. The van der Waals surface area contributed by atoms with Gasteiger partial charge in [-0.15, -0.1) is 0 Å². The van der Waals surface area contributed by atoms with Gasteiger partial charge in [0.2, 0.25) is 0 Å². The van der Waals surface area contributed by atoms with E-state index in [1.807, 2.05) is 0 Å². The van der Waals surface area contributed by atoms with E-state index in [1.54, 1.807) is 0 Å². The molecule has 1 fully saturated rings. The van der Waals surface area contributed by atoms with Crippen LogP contribution in [0, 0.1) is 0 Å². The van der Waals surface area contributed by atoms with Gasteiger partial charge in [0.25, 0.3) is 5.91 Å². The molecule has 1 heterocycles. The zero-order valence-electron chi connectivity index (χ0n) is 9.46. The third-order valence-corrected chi connectivity index (χ3v) is 2.79. The fourth-order valence-corrected chi connectivity index (χ4v) is 2.07. The van der Waals surface area contributed by atoms with Gasteiger partial charge in [0.05, 0.1) is 5.69 Å². The van der Waals surface area contributed by atoms with E-state index < -0.39 is 17.6 Å². The topological polar surface area (TPSA) is 46.6 Å². The van der Waals surface area contributed by atoms with Gasteiger partial charge in [0.1, 0.15) is 0 Å². The van der Waals surface area contributed by atoms with Crippen LogP contribution in [0.3, 0.4) is 0 Å². The average molecular weight is 338 g/mol. The summed E-state index contributed by atoms with van der Waals surface area (Å²) in [5, 5.41) is 0.690. The molecular formula is C11H9Cl2CuNO3. The number of carbonyl (C=O) groups excluding carboxylic acids is 2. The second kappa shape index (κ2) is 5.10. The van der Waals surface area contributed by atoms with Crippen molar-refractivity contribution in [2.45, 2.75) is 19.4 Å². The maximum absolute atomic E-state index is 12.0.